The van der Waals surface area contributed by atoms with Gasteiger partial charge < -0.3 is 15.0 Å². The first-order chi connectivity index (χ1) is 6.78. The van der Waals surface area contributed by atoms with Crippen molar-refractivity contribution in [3.8, 4) is 5.88 Å². The van der Waals surface area contributed by atoms with E-state index in [1.165, 1.54) is 0 Å². The first-order valence-corrected chi connectivity index (χ1v) is 5.15. The average molecular weight is 196 g/mol. The quantitative estimate of drug-likeness (QED) is 0.795. The van der Waals surface area contributed by atoms with Gasteiger partial charge in [0.15, 0.2) is 0 Å². The highest BCUT2D eigenvalue weighted by Gasteiger charge is 2.24. The third kappa shape index (κ3) is 2.07. The largest absolute Gasteiger partial charge is 0.472 e. The van der Waals surface area contributed by atoms with E-state index in [0.29, 0.717) is 5.88 Å². The molecule has 2 atom stereocenters. The number of hydrogen-bond acceptors (Lipinski definition) is 4. The summed E-state index contributed by atoms with van der Waals surface area (Å²) < 4.78 is 10.7. The van der Waals surface area contributed by atoms with Crippen LogP contribution in [0.25, 0.3) is 0 Å². The van der Waals surface area contributed by atoms with Gasteiger partial charge in [-0.3, -0.25) is 0 Å². The van der Waals surface area contributed by atoms with Crippen molar-refractivity contribution in [3.63, 3.8) is 0 Å². The predicted molar refractivity (Wildman–Crippen MR) is 52.1 cm³/mol. The fourth-order valence-electron chi connectivity index (χ4n) is 1.77. The first-order valence-electron chi connectivity index (χ1n) is 5.15. The number of hydrogen-bond donors (Lipinski definition) is 1. The summed E-state index contributed by atoms with van der Waals surface area (Å²) in [6.45, 7) is 2.02. The van der Waals surface area contributed by atoms with Gasteiger partial charge in [-0.1, -0.05) is 6.92 Å². The molecule has 1 saturated carbocycles. The summed E-state index contributed by atoms with van der Waals surface area (Å²) in [5.41, 5.74) is 5.79. The van der Waals surface area contributed by atoms with Crippen LogP contribution in [0.2, 0.25) is 0 Å². The summed E-state index contributed by atoms with van der Waals surface area (Å²) in [6.07, 6.45) is 4.06. The van der Waals surface area contributed by atoms with E-state index in [4.69, 9.17) is 15.0 Å². The van der Waals surface area contributed by atoms with Crippen LogP contribution in [-0.4, -0.2) is 17.3 Å². The smallest absolute Gasteiger partial charge is 0.254 e. The second-order valence-electron chi connectivity index (χ2n) is 3.80. The van der Waals surface area contributed by atoms with Crippen molar-refractivity contribution in [2.24, 2.45) is 5.73 Å². The molecule has 14 heavy (non-hydrogen) atoms. The lowest BCUT2D eigenvalue weighted by Gasteiger charge is -2.09. The summed E-state index contributed by atoms with van der Waals surface area (Å²) in [7, 11) is 0. The molecule has 2 N–H and O–H groups in total. The van der Waals surface area contributed by atoms with Crippen LogP contribution < -0.4 is 10.5 Å². The van der Waals surface area contributed by atoms with E-state index in [1.54, 1.807) is 0 Å². The molecule has 1 fully saturated rings. The number of nitrogens with zero attached hydrogens (tertiary/aromatic N) is 1. The number of nitrogens with two attached hydrogens (primary N) is 1. The van der Waals surface area contributed by atoms with E-state index < -0.39 is 0 Å². The Morgan fingerprint density at radius 3 is 3.07 bits per heavy atom. The van der Waals surface area contributed by atoms with Crippen LogP contribution in [0.3, 0.4) is 0 Å². The van der Waals surface area contributed by atoms with Gasteiger partial charge in [0.2, 0.25) is 0 Å². The van der Waals surface area contributed by atoms with Gasteiger partial charge in [0.1, 0.15) is 11.9 Å². The van der Waals surface area contributed by atoms with Crippen LogP contribution in [0.4, 0.5) is 0 Å². The minimum atomic E-state index is 0.222. The Hall–Kier alpha value is -1.03. The second kappa shape index (κ2) is 4.00. The Morgan fingerprint density at radius 2 is 2.50 bits per heavy atom. The highest BCUT2D eigenvalue weighted by Crippen LogP contribution is 2.23. The van der Waals surface area contributed by atoms with Gasteiger partial charge in [-0.2, -0.15) is 0 Å². The van der Waals surface area contributed by atoms with Crippen molar-refractivity contribution in [2.45, 2.75) is 44.8 Å². The zero-order valence-electron chi connectivity index (χ0n) is 8.40. The van der Waals surface area contributed by atoms with Gasteiger partial charge in [0.25, 0.3) is 5.88 Å². The molecule has 0 saturated heterocycles. The molecule has 0 aliphatic heterocycles. The molecule has 0 spiro atoms. The monoisotopic (exact) mass is 196 g/mol. The Bertz CT molecular complexity index is 298. The third-order valence-corrected chi connectivity index (χ3v) is 2.60. The van der Waals surface area contributed by atoms with Crippen LogP contribution in [0, 0.1) is 0 Å². The van der Waals surface area contributed by atoms with E-state index in [0.717, 1.165) is 31.4 Å². The molecular formula is C10H16N2O2. The van der Waals surface area contributed by atoms with E-state index in [1.807, 2.05) is 13.0 Å². The standard InChI is InChI=1S/C10H16N2O2/c1-2-8-6-10(12-14-8)13-9-4-3-7(11)5-9/h6-7,9H,2-5,11H2,1H3. The number of aromatic nitrogens is 1. The molecule has 1 aliphatic rings. The third-order valence-electron chi connectivity index (χ3n) is 2.60. The summed E-state index contributed by atoms with van der Waals surface area (Å²) >= 11 is 0. The Labute approximate surface area is 83.4 Å². The zero-order valence-corrected chi connectivity index (χ0v) is 8.40. The SMILES string of the molecule is CCc1cc(OC2CCC(N)C2)no1. The molecule has 0 aromatic carbocycles. The average Bonchev–Trinajstić information content (AvgIpc) is 2.76. The molecule has 78 valence electrons. The van der Waals surface area contributed by atoms with E-state index >= 15 is 0 Å². The fourth-order valence-corrected chi connectivity index (χ4v) is 1.77. The van der Waals surface area contributed by atoms with Crippen molar-refractivity contribution in [3.05, 3.63) is 11.8 Å². The number of aryl methyl sites for hydroxylation is 1. The second-order valence-corrected chi connectivity index (χ2v) is 3.80. The molecule has 1 heterocycles. The molecule has 0 radical (unpaired) electrons. The van der Waals surface area contributed by atoms with Gasteiger partial charge >= 0.3 is 0 Å². The highest BCUT2D eigenvalue weighted by atomic mass is 16.5. The molecule has 1 aromatic rings. The van der Waals surface area contributed by atoms with Gasteiger partial charge in [0.05, 0.1) is 0 Å². The lowest BCUT2D eigenvalue weighted by molar-refractivity contribution is 0.188. The van der Waals surface area contributed by atoms with Crippen molar-refractivity contribution in [2.75, 3.05) is 0 Å². The highest BCUT2D eigenvalue weighted by molar-refractivity contribution is 5.11. The number of rotatable bonds is 3. The molecule has 1 aromatic heterocycles. The summed E-state index contributed by atoms with van der Waals surface area (Å²) in [5, 5.41) is 3.84. The minimum Gasteiger partial charge on any atom is -0.472 e. The van der Waals surface area contributed by atoms with Crippen LogP contribution >= 0.6 is 0 Å². The molecule has 0 amide bonds. The fraction of sp³-hybridized carbons (Fsp3) is 0.700. The van der Waals surface area contributed by atoms with Crippen LogP contribution in [-0.2, 0) is 6.42 Å². The summed E-state index contributed by atoms with van der Waals surface area (Å²) in [6, 6.07) is 2.14. The number of ether oxygens (including phenoxy) is 1. The molecule has 1 aliphatic carbocycles. The van der Waals surface area contributed by atoms with Crippen LogP contribution in [0.5, 0.6) is 5.88 Å². The maximum Gasteiger partial charge on any atom is 0.254 e. The van der Waals surface area contributed by atoms with E-state index in [-0.39, 0.29) is 12.1 Å². The van der Waals surface area contributed by atoms with Gasteiger partial charge in [-0.15, -0.1) is 0 Å². The Balaban J connectivity index is 1.90. The first kappa shape index (κ1) is 9.52. The molecule has 4 heteroatoms. The summed E-state index contributed by atoms with van der Waals surface area (Å²) in [4.78, 5) is 0. The maximum atomic E-state index is 5.79. The van der Waals surface area contributed by atoms with Gasteiger partial charge in [-0.25, -0.2) is 0 Å². The van der Waals surface area contributed by atoms with Crippen LogP contribution in [0.1, 0.15) is 31.9 Å². The lowest BCUT2D eigenvalue weighted by Crippen LogP contribution is -2.19. The molecule has 2 unspecified atom stereocenters. The molecular weight excluding hydrogens is 180 g/mol. The van der Waals surface area contributed by atoms with E-state index in [2.05, 4.69) is 5.16 Å². The van der Waals surface area contributed by atoms with Gasteiger partial charge in [0, 0.05) is 18.5 Å². The van der Waals surface area contributed by atoms with E-state index in [9.17, 15) is 0 Å². The van der Waals surface area contributed by atoms with Crippen molar-refractivity contribution >= 4 is 0 Å². The van der Waals surface area contributed by atoms with Crippen molar-refractivity contribution in [1.29, 1.82) is 0 Å². The van der Waals surface area contributed by atoms with Crippen molar-refractivity contribution < 1.29 is 9.26 Å². The zero-order chi connectivity index (χ0) is 9.97. The lowest BCUT2D eigenvalue weighted by atomic mass is 10.3. The molecule has 4 nitrogen and oxygen atoms in total. The topological polar surface area (TPSA) is 61.3 Å². The normalized spacial score (nSPS) is 26.7. The Kier molecular flexibility index (Phi) is 2.72. The molecule has 0 bridgehead atoms. The minimum absolute atomic E-state index is 0.222. The maximum absolute atomic E-state index is 5.79. The van der Waals surface area contributed by atoms with Gasteiger partial charge in [-0.05, 0) is 24.4 Å². The van der Waals surface area contributed by atoms with Crippen molar-refractivity contribution in [1.82, 2.24) is 5.16 Å². The Morgan fingerprint density at radius 1 is 1.64 bits per heavy atom. The molecule has 2 rings (SSSR count). The predicted octanol–water partition coefficient (Wildman–Crippen LogP) is 1.50. The summed E-state index contributed by atoms with van der Waals surface area (Å²) in [5.74, 6) is 1.46. The van der Waals surface area contributed by atoms with Crippen LogP contribution in [0.15, 0.2) is 10.6 Å².